The van der Waals surface area contributed by atoms with Crippen LogP contribution >= 0.6 is 23.2 Å². The molecule has 5 heteroatoms. The molecule has 0 fully saturated rings. The number of rotatable bonds is 4. The maximum Gasteiger partial charge on any atom is 0.328 e. The summed E-state index contributed by atoms with van der Waals surface area (Å²) in [6, 6.07) is 12.1. The number of hydrogen-bond donors (Lipinski definition) is 1. The van der Waals surface area contributed by atoms with E-state index in [9.17, 15) is 4.79 Å². The number of ether oxygens (including phenoxy) is 1. The van der Waals surface area contributed by atoms with Gasteiger partial charge < -0.3 is 9.84 Å². The molecule has 0 aliphatic carbocycles. The van der Waals surface area contributed by atoms with E-state index in [4.69, 9.17) is 33.0 Å². The highest BCUT2D eigenvalue weighted by Gasteiger charge is 2.10. The first-order chi connectivity index (χ1) is 10.0. The van der Waals surface area contributed by atoms with E-state index in [1.54, 1.807) is 49.6 Å². The normalized spacial score (nSPS) is 11.3. The van der Waals surface area contributed by atoms with Crippen molar-refractivity contribution in [3.8, 4) is 5.75 Å². The molecule has 0 atom stereocenters. The Balaban J connectivity index is 2.52. The zero-order chi connectivity index (χ0) is 15.4. The van der Waals surface area contributed by atoms with E-state index in [0.717, 1.165) is 11.6 Å². The van der Waals surface area contributed by atoms with Crippen molar-refractivity contribution in [3.63, 3.8) is 0 Å². The summed E-state index contributed by atoms with van der Waals surface area (Å²) in [5, 5.41) is 9.87. The summed E-state index contributed by atoms with van der Waals surface area (Å²) in [6.07, 6.45) is 1.14. The second-order valence-electron chi connectivity index (χ2n) is 4.25. The lowest BCUT2D eigenvalue weighted by atomic mass is 9.97. The monoisotopic (exact) mass is 322 g/mol. The maximum atomic E-state index is 11.1. The predicted molar refractivity (Wildman–Crippen MR) is 84.2 cm³/mol. The van der Waals surface area contributed by atoms with Crippen LogP contribution in [0, 0.1) is 0 Å². The molecule has 3 nitrogen and oxygen atoms in total. The van der Waals surface area contributed by atoms with Gasteiger partial charge in [-0.25, -0.2) is 4.79 Å². The quantitative estimate of drug-likeness (QED) is 0.842. The van der Waals surface area contributed by atoms with Crippen molar-refractivity contribution >= 4 is 34.7 Å². The minimum absolute atomic E-state index is 0.374. The molecule has 2 aromatic carbocycles. The SMILES string of the molecule is COc1ccc(/C(=C\C(=O)O)c2ccc(Cl)c(Cl)c2)cc1. The molecular formula is C16H12Cl2O3. The van der Waals surface area contributed by atoms with E-state index in [-0.39, 0.29) is 0 Å². The first-order valence-electron chi connectivity index (χ1n) is 6.05. The average molecular weight is 323 g/mol. The molecule has 0 amide bonds. The zero-order valence-corrected chi connectivity index (χ0v) is 12.7. The standard InChI is InChI=1S/C16H12Cl2O3/c1-21-12-5-2-10(3-6-12)13(9-16(19)20)11-4-7-14(17)15(18)8-11/h2-9H,1H3,(H,19,20)/b13-9+. The Kier molecular flexibility index (Phi) is 4.89. The Labute approximate surface area is 132 Å². The van der Waals surface area contributed by atoms with Crippen LogP contribution in [0.3, 0.4) is 0 Å². The fourth-order valence-electron chi connectivity index (χ4n) is 1.89. The van der Waals surface area contributed by atoms with Gasteiger partial charge in [0.2, 0.25) is 0 Å². The first kappa shape index (κ1) is 15.4. The summed E-state index contributed by atoms with van der Waals surface area (Å²) in [6.45, 7) is 0. The Morgan fingerprint density at radius 3 is 2.19 bits per heavy atom. The van der Waals surface area contributed by atoms with Gasteiger partial charge in [-0.15, -0.1) is 0 Å². The number of carboxylic acids is 1. The summed E-state index contributed by atoms with van der Waals surface area (Å²) < 4.78 is 5.10. The van der Waals surface area contributed by atoms with Crippen LogP contribution in [-0.4, -0.2) is 18.2 Å². The van der Waals surface area contributed by atoms with E-state index in [0.29, 0.717) is 26.9 Å². The average Bonchev–Trinajstić information content (AvgIpc) is 2.48. The maximum absolute atomic E-state index is 11.1. The molecule has 108 valence electrons. The largest absolute Gasteiger partial charge is 0.497 e. The highest BCUT2D eigenvalue weighted by Crippen LogP contribution is 2.30. The Morgan fingerprint density at radius 1 is 1.05 bits per heavy atom. The molecule has 0 spiro atoms. The number of hydrogen-bond acceptors (Lipinski definition) is 2. The molecule has 0 radical (unpaired) electrons. The first-order valence-corrected chi connectivity index (χ1v) is 6.81. The molecule has 2 aromatic rings. The summed E-state index contributed by atoms with van der Waals surface area (Å²) in [4.78, 5) is 11.1. The zero-order valence-electron chi connectivity index (χ0n) is 11.1. The molecule has 21 heavy (non-hydrogen) atoms. The predicted octanol–water partition coefficient (Wildman–Crippen LogP) is 4.52. The number of carbonyl (C=O) groups is 1. The lowest BCUT2D eigenvalue weighted by molar-refractivity contribution is -0.131. The smallest absolute Gasteiger partial charge is 0.328 e. The summed E-state index contributed by atoms with van der Waals surface area (Å²) in [5.41, 5.74) is 1.97. The van der Waals surface area contributed by atoms with Crippen LogP contribution in [0.2, 0.25) is 10.0 Å². The highest BCUT2D eigenvalue weighted by atomic mass is 35.5. The van der Waals surface area contributed by atoms with Crippen LogP contribution in [0.4, 0.5) is 0 Å². The van der Waals surface area contributed by atoms with Gasteiger partial charge in [0.1, 0.15) is 5.75 Å². The van der Waals surface area contributed by atoms with Crippen LogP contribution in [-0.2, 0) is 4.79 Å². The van der Waals surface area contributed by atoms with Crippen LogP contribution < -0.4 is 4.74 Å². The van der Waals surface area contributed by atoms with Gasteiger partial charge in [0, 0.05) is 6.08 Å². The second kappa shape index (κ2) is 6.66. The minimum atomic E-state index is -1.04. The van der Waals surface area contributed by atoms with Crippen molar-refractivity contribution in [2.24, 2.45) is 0 Å². The molecular weight excluding hydrogens is 311 g/mol. The lowest BCUT2D eigenvalue weighted by Gasteiger charge is -2.10. The number of methoxy groups -OCH3 is 1. The van der Waals surface area contributed by atoms with Gasteiger partial charge in [-0.1, -0.05) is 41.4 Å². The third-order valence-electron chi connectivity index (χ3n) is 2.90. The third kappa shape index (κ3) is 3.78. The highest BCUT2D eigenvalue weighted by molar-refractivity contribution is 6.42. The number of carboxylic acid groups (broad SMARTS) is 1. The molecule has 0 unspecified atom stereocenters. The van der Waals surface area contributed by atoms with Crippen molar-refractivity contribution in [1.82, 2.24) is 0 Å². The van der Waals surface area contributed by atoms with Crippen molar-refractivity contribution in [1.29, 1.82) is 0 Å². The minimum Gasteiger partial charge on any atom is -0.497 e. The second-order valence-corrected chi connectivity index (χ2v) is 5.07. The molecule has 1 N–H and O–H groups in total. The van der Waals surface area contributed by atoms with E-state index in [1.165, 1.54) is 0 Å². The molecule has 0 saturated heterocycles. The van der Waals surface area contributed by atoms with Gasteiger partial charge in [-0.3, -0.25) is 0 Å². The van der Waals surface area contributed by atoms with Crippen molar-refractivity contribution in [3.05, 3.63) is 69.7 Å². The lowest BCUT2D eigenvalue weighted by Crippen LogP contribution is -1.95. The Bertz CT molecular complexity index is 691. The van der Waals surface area contributed by atoms with Gasteiger partial charge in [-0.05, 0) is 41.0 Å². The number of aliphatic carboxylic acids is 1. The van der Waals surface area contributed by atoms with E-state index in [2.05, 4.69) is 0 Å². The molecule has 0 aliphatic heterocycles. The fourth-order valence-corrected chi connectivity index (χ4v) is 2.19. The Hall–Kier alpha value is -1.97. The van der Waals surface area contributed by atoms with Crippen molar-refractivity contribution in [2.45, 2.75) is 0 Å². The molecule has 2 rings (SSSR count). The Morgan fingerprint density at radius 2 is 1.67 bits per heavy atom. The van der Waals surface area contributed by atoms with Crippen LogP contribution in [0.25, 0.3) is 5.57 Å². The molecule has 0 bridgehead atoms. The molecule has 0 heterocycles. The van der Waals surface area contributed by atoms with Gasteiger partial charge in [0.15, 0.2) is 0 Å². The van der Waals surface area contributed by atoms with E-state index < -0.39 is 5.97 Å². The number of benzene rings is 2. The molecule has 0 aromatic heterocycles. The van der Waals surface area contributed by atoms with Gasteiger partial charge in [-0.2, -0.15) is 0 Å². The van der Waals surface area contributed by atoms with E-state index >= 15 is 0 Å². The topological polar surface area (TPSA) is 46.5 Å². The third-order valence-corrected chi connectivity index (χ3v) is 3.64. The van der Waals surface area contributed by atoms with Gasteiger partial charge >= 0.3 is 5.97 Å². The van der Waals surface area contributed by atoms with Crippen molar-refractivity contribution < 1.29 is 14.6 Å². The molecule has 0 aliphatic rings. The van der Waals surface area contributed by atoms with Crippen molar-refractivity contribution in [2.75, 3.05) is 7.11 Å². The van der Waals surface area contributed by atoms with Crippen LogP contribution in [0.15, 0.2) is 48.5 Å². The van der Waals surface area contributed by atoms with Crippen LogP contribution in [0.5, 0.6) is 5.75 Å². The fraction of sp³-hybridized carbons (Fsp3) is 0.0625. The summed E-state index contributed by atoms with van der Waals surface area (Å²) in [7, 11) is 1.57. The summed E-state index contributed by atoms with van der Waals surface area (Å²) in [5.74, 6) is -0.338. The number of halogens is 2. The van der Waals surface area contributed by atoms with E-state index in [1.807, 2.05) is 0 Å². The van der Waals surface area contributed by atoms with Gasteiger partial charge in [0.05, 0.1) is 17.2 Å². The molecule has 0 saturated carbocycles. The summed E-state index contributed by atoms with van der Waals surface area (Å²) >= 11 is 11.9. The van der Waals surface area contributed by atoms with Gasteiger partial charge in [0.25, 0.3) is 0 Å². The van der Waals surface area contributed by atoms with Crippen LogP contribution in [0.1, 0.15) is 11.1 Å².